The van der Waals surface area contributed by atoms with E-state index in [1.807, 2.05) is 0 Å². The van der Waals surface area contributed by atoms with E-state index in [4.69, 9.17) is 9.47 Å². The molecule has 0 aromatic rings. The molecule has 0 saturated heterocycles. The minimum Gasteiger partial charge on any atom is -0.382 e. The van der Waals surface area contributed by atoms with E-state index in [-0.39, 0.29) is 0 Å². The van der Waals surface area contributed by atoms with Gasteiger partial charge < -0.3 is 14.8 Å². The molecule has 0 bridgehead atoms. The Bertz CT molecular complexity index is 172. The highest BCUT2D eigenvalue weighted by Gasteiger charge is 2.22. The van der Waals surface area contributed by atoms with Crippen molar-refractivity contribution in [1.82, 2.24) is 5.32 Å². The van der Waals surface area contributed by atoms with Crippen LogP contribution in [-0.2, 0) is 9.47 Å². The first kappa shape index (κ1) is 14.9. The number of hydrogen-bond acceptors (Lipinski definition) is 3. The van der Waals surface area contributed by atoms with Crippen LogP contribution in [0, 0.1) is 5.92 Å². The van der Waals surface area contributed by atoms with Crippen LogP contribution in [0.2, 0.25) is 0 Å². The smallest absolute Gasteiger partial charge is 0.0700 e. The van der Waals surface area contributed by atoms with Crippen LogP contribution in [0.3, 0.4) is 0 Å². The van der Waals surface area contributed by atoms with Crippen LogP contribution in [-0.4, -0.2) is 39.5 Å². The van der Waals surface area contributed by atoms with Crippen molar-refractivity contribution in [3.63, 3.8) is 0 Å². The van der Waals surface area contributed by atoms with Gasteiger partial charge in [-0.3, -0.25) is 0 Å². The van der Waals surface area contributed by atoms with Crippen LogP contribution in [0.25, 0.3) is 0 Å². The number of nitrogens with one attached hydrogen (secondary N) is 1. The zero-order valence-electron chi connectivity index (χ0n) is 11.5. The van der Waals surface area contributed by atoms with Gasteiger partial charge in [-0.25, -0.2) is 0 Å². The summed E-state index contributed by atoms with van der Waals surface area (Å²) < 4.78 is 10.5. The van der Waals surface area contributed by atoms with Gasteiger partial charge in [0.2, 0.25) is 0 Å². The molecule has 1 rings (SSSR count). The largest absolute Gasteiger partial charge is 0.382 e. The molecule has 1 atom stereocenters. The summed E-state index contributed by atoms with van der Waals surface area (Å²) in [7, 11) is 1.71. The predicted molar refractivity (Wildman–Crippen MR) is 71.4 cm³/mol. The molecule has 0 spiro atoms. The van der Waals surface area contributed by atoms with Crippen LogP contribution in [0.15, 0.2) is 0 Å². The fourth-order valence-electron chi connectivity index (χ4n) is 2.01. The molecule has 3 nitrogen and oxygen atoms in total. The van der Waals surface area contributed by atoms with Gasteiger partial charge in [0.15, 0.2) is 0 Å². The minimum atomic E-state index is 0.651. The summed E-state index contributed by atoms with van der Waals surface area (Å²) in [6.07, 6.45) is 7.99. The maximum atomic E-state index is 5.54. The summed E-state index contributed by atoms with van der Waals surface area (Å²) in [5.74, 6) is 1.04. The number of rotatable bonds is 12. The van der Waals surface area contributed by atoms with Crippen molar-refractivity contribution in [3.05, 3.63) is 0 Å². The summed E-state index contributed by atoms with van der Waals surface area (Å²) in [4.78, 5) is 0. The third kappa shape index (κ3) is 8.58. The zero-order valence-corrected chi connectivity index (χ0v) is 11.5. The highest BCUT2D eigenvalue weighted by atomic mass is 16.5. The highest BCUT2D eigenvalue weighted by Crippen LogP contribution is 2.34. The molecule has 0 aliphatic heterocycles. The van der Waals surface area contributed by atoms with Gasteiger partial charge in [-0.1, -0.05) is 19.8 Å². The SMILES string of the molecule is CCCNC(CCOCCOC)CCC1CC1. The second-order valence-electron chi connectivity index (χ2n) is 5.07. The molecule has 1 aliphatic rings. The van der Waals surface area contributed by atoms with Crippen LogP contribution in [0.5, 0.6) is 0 Å². The van der Waals surface area contributed by atoms with E-state index in [1.54, 1.807) is 7.11 Å². The van der Waals surface area contributed by atoms with Crippen LogP contribution in [0.4, 0.5) is 0 Å². The van der Waals surface area contributed by atoms with Gasteiger partial charge in [-0.05, 0) is 38.1 Å². The molecule has 1 fully saturated rings. The van der Waals surface area contributed by atoms with E-state index < -0.39 is 0 Å². The molecule has 1 unspecified atom stereocenters. The molecule has 1 N–H and O–H groups in total. The lowest BCUT2D eigenvalue weighted by molar-refractivity contribution is 0.0653. The first-order valence-electron chi connectivity index (χ1n) is 7.16. The second kappa shape index (κ2) is 9.86. The maximum absolute atomic E-state index is 5.54. The predicted octanol–water partition coefficient (Wildman–Crippen LogP) is 2.60. The Morgan fingerprint density at radius 2 is 2.00 bits per heavy atom. The van der Waals surface area contributed by atoms with Crippen molar-refractivity contribution in [3.8, 4) is 0 Å². The van der Waals surface area contributed by atoms with Crippen molar-refractivity contribution in [2.75, 3.05) is 33.5 Å². The van der Waals surface area contributed by atoms with Crippen molar-refractivity contribution in [2.24, 2.45) is 5.92 Å². The fraction of sp³-hybridized carbons (Fsp3) is 1.00. The number of methoxy groups -OCH3 is 1. The molecule has 1 saturated carbocycles. The molecule has 0 amide bonds. The third-order valence-electron chi connectivity index (χ3n) is 3.35. The molecule has 0 aromatic heterocycles. The van der Waals surface area contributed by atoms with Gasteiger partial charge in [0.25, 0.3) is 0 Å². The van der Waals surface area contributed by atoms with E-state index in [1.165, 1.54) is 32.1 Å². The second-order valence-corrected chi connectivity index (χ2v) is 5.07. The van der Waals surface area contributed by atoms with Crippen LogP contribution < -0.4 is 5.32 Å². The summed E-state index contributed by atoms with van der Waals surface area (Å²) in [5, 5.41) is 3.63. The Kier molecular flexibility index (Phi) is 8.67. The molecular formula is C14H29NO2. The van der Waals surface area contributed by atoms with Gasteiger partial charge in [-0.15, -0.1) is 0 Å². The molecule has 0 aromatic carbocycles. The minimum absolute atomic E-state index is 0.651. The summed E-state index contributed by atoms with van der Waals surface area (Å²) in [5.41, 5.74) is 0. The zero-order chi connectivity index (χ0) is 12.3. The first-order valence-corrected chi connectivity index (χ1v) is 7.16. The quantitative estimate of drug-likeness (QED) is 0.534. The van der Waals surface area contributed by atoms with E-state index in [0.717, 1.165) is 32.1 Å². The molecule has 17 heavy (non-hydrogen) atoms. The summed E-state index contributed by atoms with van der Waals surface area (Å²) in [6.45, 7) is 5.64. The Morgan fingerprint density at radius 1 is 1.18 bits per heavy atom. The standard InChI is InChI=1S/C14H29NO2/c1-3-9-15-14(7-6-13-4-5-13)8-10-17-12-11-16-2/h13-15H,3-12H2,1-2H3. The molecule has 1 aliphatic carbocycles. The average Bonchev–Trinajstić information content (AvgIpc) is 3.15. The topological polar surface area (TPSA) is 30.5 Å². The maximum Gasteiger partial charge on any atom is 0.0700 e. The third-order valence-corrected chi connectivity index (χ3v) is 3.35. The highest BCUT2D eigenvalue weighted by molar-refractivity contribution is 4.76. The van der Waals surface area contributed by atoms with E-state index in [0.29, 0.717) is 12.6 Å². The van der Waals surface area contributed by atoms with E-state index >= 15 is 0 Å². The molecule has 102 valence electrons. The normalized spacial score (nSPS) is 17.3. The Labute approximate surface area is 106 Å². The fourth-order valence-corrected chi connectivity index (χ4v) is 2.01. The van der Waals surface area contributed by atoms with Crippen molar-refractivity contribution < 1.29 is 9.47 Å². The summed E-state index contributed by atoms with van der Waals surface area (Å²) >= 11 is 0. The van der Waals surface area contributed by atoms with Crippen LogP contribution in [0.1, 0.15) is 45.4 Å². The average molecular weight is 243 g/mol. The lowest BCUT2D eigenvalue weighted by Gasteiger charge is -2.18. The van der Waals surface area contributed by atoms with E-state index in [9.17, 15) is 0 Å². The van der Waals surface area contributed by atoms with Gasteiger partial charge in [0.1, 0.15) is 0 Å². The van der Waals surface area contributed by atoms with Crippen molar-refractivity contribution >= 4 is 0 Å². The first-order chi connectivity index (χ1) is 8.36. The van der Waals surface area contributed by atoms with Gasteiger partial charge in [0.05, 0.1) is 13.2 Å². The monoisotopic (exact) mass is 243 g/mol. The number of hydrogen-bond donors (Lipinski definition) is 1. The van der Waals surface area contributed by atoms with E-state index in [2.05, 4.69) is 12.2 Å². The van der Waals surface area contributed by atoms with Gasteiger partial charge >= 0.3 is 0 Å². The Hall–Kier alpha value is -0.120. The Morgan fingerprint density at radius 3 is 2.65 bits per heavy atom. The van der Waals surface area contributed by atoms with Crippen LogP contribution >= 0.6 is 0 Å². The van der Waals surface area contributed by atoms with Gasteiger partial charge in [0, 0.05) is 19.8 Å². The van der Waals surface area contributed by atoms with Crippen molar-refractivity contribution in [1.29, 1.82) is 0 Å². The molecular weight excluding hydrogens is 214 g/mol. The lowest BCUT2D eigenvalue weighted by atomic mass is 10.1. The molecule has 0 radical (unpaired) electrons. The summed E-state index contributed by atoms with van der Waals surface area (Å²) in [6, 6.07) is 0.651. The van der Waals surface area contributed by atoms with Crippen molar-refractivity contribution in [2.45, 2.75) is 51.5 Å². The van der Waals surface area contributed by atoms with Gasteiger partial charge in [-0.2, -0.15) is 0 Å². The Balaban J connectivity index is 2.01. The molecule has 0 heterocycles. The lowest BCUT2D eigenvalue weighted by Crippen LogP contribution is -2.31. The molecule has 3 heteroatoms. The number of ether oxygens (including phenoxy) is 2.